The Hall–Kier alpha value is -2.61. The summed E-state index contributed by atoms with van der Waals surface area (Å²) >= 11 is 8.29. The molecule has 5 rings (SSSR count). The molecular weight excluding hydrogens is 508 g/mol. The van der Waals surface area contributed by atoms with Gasteiger partial charge >= 0.3 is 0 Å². The van der Waals surface area contributed by atoms with E-state index in [0.29, 0.717) is 27.0 Å². The van der Waals surface area contributed by atoms with Crippen molar-refractivity contribution in [3.63, 3.8) is 0 Å². The molecule has 1 aliphatic heterocycles. The Labute approximate surface area is 225 Å². The zero-order valence-corrected chi connectivity index (χ0v) is 23.0. The Morgan fingerprint density at radius 2 is 1.81 bits per heavy atom. The highest BCUT2D eigenvalue weighted by Gasteiger charge is 2.14. The highest BCUT2D eigenvalue weighted by Crippen LogP contribution is 2.31. The summed E-state index contributed by atoms with van der Waals surface area (Å²) in [5.41, 5.74) is 3.38. The summed E-state index contributed by atoms with van der Waals surface area (Å²) in [7, 11) is -1.40. The minimum Gasteiger partial charge on any atom is -0.316 e. The van der Waals surface area contributed by atoms with Crippen LogP contribution in [-0.2, 0) is 11.0 Å². The molecule has 1 unspecified atom stereocenters. The average Bonchev–Trinajstić information content (AvgIpc) is 2.94. The molecule has 1 N–H and O–H groups in total. The fourth-order valence-corrected chi connectivity index (χ4v) is 5.69. The zero-order chi connectivity index (χ0) is 25.3. The summed E-state index contributed by atoms with van der Waals surface area (Å²) in [5, 5.41) is 1.51. The molecule has 0 radical (unpaired) electrons. The van der Waals surface area contributed by atoms with Crippen molar-refractivity contribution in [2.45, 2.75) is 44.4 Å². The quantitative estimate of drug-likeness (QED) is 0.251. The number of nitrogens with zero attached hydrogens (tertiary/aromatic N) is 3. The molecule has 1 aromatic heterocycles. The molecule has 3 aromatic carbocycles. The molecule has 0 spiro atoms. The Morgan fingerprint density at radius 1 is 1.03 bits per heavy atom. The molecule has 1 aliphatic rings. The second kappa shape index (κ2) is 13.1. The van der Waals surface area contributed by atoms with Gasteiger partial charge in [-0.05, 0) is 73.3 Å². The molecular formula is C28H31ClN4OS2. The van der Waals surface area contributed by atoms with Gasteiger partial charge in [-0.1, -0.05) is 56.5 Å². The molecule has 4 aromatic rings. The van der Waals surface area contributed by atoms with Crippen molar-refractivity contribution in [2.75, 3.05) is 21.3 Å². The van der Waals surface area contributed by atoms with Crippen LogP contribution in [0.5, 0.6) is 0 Å². The topological polar surface area (TPSA) is 58.1 Å². The number of halogens is 1. The van der Waals surface area contributed by atoms with Gasteiger partial charge in [0.15, 0.2) is 5.82 Å². The Morgan fingerprint density at radius 3 is 2.53 bits per heavy atom. The first-order valence-electron chi connectivity index (χ1n) is 12.3. The number of para-hydroxylation sites is 1. The van der Waals surface area contributed by atoms with Gasteiger partial charge in [0, 0.05) is 40.8 Å². The van der Waals surface area contributed by atoms with Gasteiger partial charge in [-0.3, -0.25) is 0 Å². The third kappa shape index (κ3) is 6.78. The maximum absolute atomic E-state index is 12.9. The van der Waals surface area contributed by atoms with Gasteiger partial charge in [0.1, 0.15) is 11.0 Å². The van der Waals surface area contributed by atoms with E-state index in [1.54, 1.807) is 12.3 Å². The standard InChI is InChI=1S/C24H21ClN4OS2.C4H10/c25-22-12-7-18(15-21(22)24-26-16-17-5-1-2-6-23(17)27-24)28-32(30)20-10-8-19(9-11-20)29-13-3-4-14-31-29;1-3-4-2/h1-2,5-12,15-16,28H,3-4,13-14H2;3-4H2,1-2H3. The van der Waals surface area contributed by atoms with Crippen LogP contribution in [0.1, 0.15) is 39.5 Å². The van der Waals surface area contributed by atoms with E-state index in [9.17, 15) is 4.21 Å². The molecule has 1 saturated heterocycles. The molecule has 36 heavy (non-hydrogen) atoms. The number of hydrogen-bond donors (Lipinski definition) is 1. The van der Waals surface area contributed by atoms with Crippen molar-refractivity contribution in [3.05, 3.63) is 77.9 Å². The van der Waals surface area contributed by atoms with Crippen LogP contribution < -0.4 is 9.03 Å². The van der Waals surface area contributed by atoms with Crippen molar-refractivity contribution < 1.29 is 4.21 Å². The predicted octanol–water partition coefficient (Wildman–Crippen LogP) is 8.14. The zero-order valence-electron chi connectivity index (χ0n) is 20.6. The Kier molecular flexibility index (Phi) is 9.61. The minimum atomic E-state index is -1.40. The molecule has 0 amide bonds. The minimum absolute atomic E-state index is 0.534. The van der Waals surface area contributed by atoms with Gasteiger partial charge < -0.3 is 9.03 Å². The SMILES string of the molecule is CCCC.O=S(Nc1ccc(Cl)c(-c2ncc3ccccc3n2)c1)c1ccc(N2CCCCS2)cc1. The van der Waals surface area contributed by atoms with Gasteiger partial charge in [0.25, 0.3) is 0 Å². The Balaban J connectivity index is 0.000000709. The summed E-state index contributed by atoms with van der Waals surface area (Å²) < 4.78 is 18.3. The molecule has 1 atom stereocenters. The van der Waals surface area contributed by atoms with Crippen LogP contribution in [0, 0.1) is 0 Å². The maximum Gasteiger partial charge on any atom is 0.161 e. The van der Waals surface area contributed by atoms with E-state index >= 15 is 0 Å². The molecule has 0 bridgehead atoms. The normalized spacial score (nSPS) is 14.1. The number of nitrogens with one attached hydrogen (secondary N) is 1. The van der Waals surface area contributed by atoms with Crippen LogP contribution >= 0.6 is 23.5 Å². The molecule has 0 saturated carbocycles. The van der Waals surface area contributed by atoms with Gasteiger partial charge in [0.05, 0.1) is 15.4 Å². The second-order valence-corrected chi connectivity index (χ2v) is 11.2. The molecule has 5 nitrogen and oxygen atoms in total. The first kappa shape index (κ1) is 26.5. The third-order valence-corrected chi connectivity index (χ3v) is 8.38. The van der Waals surface area contributed by atoms with Crippen molar-refractivity contribution in [1.82, 2.24) is 9.97 Å². The number of hydrogen-bond acceptors (Lipinski definition) is 5. The maximum atomic E-state index is 12.9. The van der Waals surface area contributed by atoms with E-state index in [1.165, 1.54) is 25.7 Å². The van der Waals surface area contributed by atoms with E-state index in [4.69, 9.17) is 11.6 Å². The lowest BCUT2D eigenvalue weighted by Crippen LogP contribution is -2.20. The van der Waals surface area contributed by atoms with Gasteiger partial charge in [-0.25, -0.2) is 14.2 Å². The van der Waals surface area contributed by atoms with Crippen molar-refractivity contribution >= 4 is 56.8 Å². The highest BCUT2D eigenvalue weighted by molar-refractivity contribution is 8.00. The molecule has 2 heterocycles. The van der Waals surface area contributed by atoms with Gasteiger partial charge in [-0.15, -0.1) is 0 Å². The summed E-state index contributed by atoms with van der Waals surface area (Å²) in [4.78, 5) is 9.81. The first-order chi connectivity index (χ1) is 17.6. The molecule has 0 aliphatic carbocycles. The van der Waals surface area contributed by atoms with Crippen LogP contribution in [0.4, 0.5) is 11.4 Å². The summed E-state index contributed by atoms with van der Waals surface area (Å²) in [6.45, 7) is 5.41. The van der Waals surface area contributed by atoms with Crippen LogP contribution in [0.2, 0.25) is 5.02 Å². The van der Waals surface area contributed by atoms with E-state index in [1.807, 2.05) is 72.6 Å². The highest BCUT2D eigenvalue weighted by atomic mass is 35.5. The number of rotatable bonds is 6. The summed E-state index contributed by atoms with van der Waals surface area (Å²) in [6.07, 6.45) is 6.90. The lowest BCUT2D eigenvalue weighted by molar-refractivity contribution is 0.686. The predicted molar refractivity (Wildman–Crippen MR) is 156 cm³/mol. The number of unbranched alkanes of at least 4 members (excludes halogenated alkanes) is 1. The number of benzene rings is 3. The summed E-state index contributed by atoms with van der Waals surface area (Å²) in [6, 6.07) is 21.1. The Bertz CT molecular complexity index is 1310. The first-order valence-corrected chi connectivity index (χ1v) is 14.8. The summed E-state index contributed by atoms with van der Waals surface area (Å²) in [5.74, 6) is 1.68. The van der Waals surface area contributed by atoms with Crippen LogP contribution in [0.3, 0.4) is 0 Å². The fourth-order valence-electron chi connectivity index (χ4n) is 3.56. The van der Waals surface area contributed by atoms with E-state index in [0.717, 1.165) is 28.9 Å². The van der Waals surface area contributed by atoms with Crippen LogP contribution in [-0.4, -0.2) is 26.5 Å². The molecule has 188 valence electrons. The number of fused-ring (bicyclic) bond motifs is 1. The third-order valence-electron chi connectivity index (χ3n) is 5.75. The number of aromatic nitrogens is 2. The van der Waals surface area contributed by atoms with Gasteiger partial charge in [-0.2, -0.15) is 0 Å². The largest absolute Gasteiger partial charge is 0.316 e. The lowest BCUT2D eigenvalue weighted by Gasteiger charge is -2.27. The van der Waals surface area contributed by atoms with E-state index in [-0.39, 0.29) is 0 Å². The monoisotopic (exact) mass is 538 g/mol. The van der Waals surface area contributed by atoms with Crippen molar-refractivity contribution in [1.29, 1.82) is 0 Å². The molecule has 1 fully saturated rings. The lowest BCUT2D eigenvalue weighted by atomic mass is 10.1. The van der Waals surface area contributed by atoms with Crippen LogP contribution in [0.25, 0.3) is 22.3 Å². The average molecular weight is 539 g/mol. The fraction of sp³-hybridized carbons (Fsp3) is 0.286. The smallest absolute Gasteiger partial charge is 0.161 e. The molecule has 8 heteroatoms. The van der Waals surface area contributed by atoms with Gasteiger partial charge in [0.2, 0.25) is 0 Å². The van der Waals surface area contributed by atoms with E-state index in [2.05, 4.69) is 32.8 Å². The number of anilines is 2. The van der Waals surface area contributed by atoms with Crippen LogP contribution in [0.15, 0.2) is 77.8 Å². The van der Waals surface area contributed by atoms with E-state index < -0.39 is 11.0 Å². The van der Waals surface area contributed by atoms with Crippen molar-refractivity contribution in [2.24, 2.45) is 0 Å². The second-order valence-electron chi connectivity index (χ2n) is 8.45. The van der Waals surface area contributed by atoms with Crippen molar-refractivity contribution in [3.8, 4) is 11.4 Å².